The van der Waals surface area contributed by atoms with Crippen molar-refractivity contribution >= 4 is 23.2 Å². The molecule has 1 fully saturated rings. The summed E-state index contributed by atoms with van der Waals surface area (Å²) in [6.07, 6.45) is -0.204. The van der Waals surface area contributed by atoms with Crippen molar-refractivity contribution in [2.24, 2.45) is 16.6 Å². The van der Waals surface area contributed by atoms with E-state index in [0.717, 1.165) is 23.4 Å². The first-order valence-electron chi connectivity index (χ1n) is 9.33. The minimum atomic E-state index is -0.770. The van der Waals surface area contributed by atoms with Gasteiger partial charge in [0.05, 0.1) is 17.1 Å². The number of nitrogens with two attached hydrogens (primary N) is 1. The van der Waals surface area contributed by atoms with Crippen molar-refractivity contribution in [1.29, 1.82) is 0 Å². The summed E-state index contributed by atoms with van der Waals surface area (Å²) < 4.78 is 51.5. The maximum Gasteiger partial charge on any atom is 0.198 e. The molecule has 1 aliphatic rings. The van der Waals surface area contributed by atoms with E-state index in [1.165, 1.54) is 32.4 Å². The lowest BCUT2D eigenvalue weighted by atomic mass is 9.90. The molecule has 0 bridgehead atoms. The summed E-state index contributed by atoms with van der Waals surface area (Å²) >= 11 is 1.66. The molecular formula is C22H23F3N2O2S. The fourth-order valence-corrected chi connectivity index (χ4v) is 4.54. The molecule has 2 N–H and O–H groups in total. The van der Waals surface area contributed by atoms with Gasteiger partial charge in [0.1, 0.15) is 11.6 Å². The Morgan fingerprint density at radius 2 is 1.77 bits per heavy atom. The van der Waals surface area contributed by atoms with E-state index in [0.29, 0.717) is 29.2 Å². The zero-order valence-electron chi connectivity index (χ0n) is 16.7. The normalized spacial score (nSPS) is 20.1. The second kappa shape index (κ2) is 10.1. The van der Waals surface area contributed by atoms with Crippen LogP contribution in [0.25, 0.3) is 0 Å². The average molecular weight is 436 g/mol. The van der Waals surface area contributed by atoms with Crippen molar-refractivity contribution in [3.05, 3.63) is 76.7 Å². The van der Waals surface area contributed by atoms with Crippen LogP contribution in [0.3, 0.4) is 0 Å². The van der Waals surface area contributed by atoms with E-state index >= 15 is 0 Å². The number of rotatable bonds is 6. The molecule has 0 radical (unpaired) electrons. The summed E-state index contributed by atoms with van der Waals surface area (Å²) in [4.78, 5) is 4.55. The second-order valence-electron chi connectivity index (χ2n) is 6.87. The molecule has 1 atom stereocenters. The van der Waals surface area contributed by atoms with E-state index in [2.05, 4.69) is 4.99 Å². The van der Waals surface area contributed by atoms with Gasteiger partial charge >= 0.3 is 0 Å². The summed E-state index contributed by atoms with van der Waals surface area (Å²) in [6, 6.07) is 9.49. The van der Waals surface area contributed by atoms with Gasteiger partial charge in [-0.2, -0.15) is 11.8 Å². The monoisotopic (exact) mass is 436 g/mol. The zero-order valence-corrected chi connectivity index (χ0v) is 17.5. The highest BCUT2D eigenvalue weighted by Crippen LogP contribution is 2.32. The zero-order chi connectivity index (χ0) is 21.7. The Balaban J connectivity index is 2.07. The summed E-state index contributed by atoms with van der Waals surface area (Å²) in [5.74, 6) is -0.577. The van der Waals surface area contributed by atoms with Gasteiger partial charge in [-0.15, -0.1) is 0 Å². The fraction of sp³-hybridized carbons (Fsp3) is 0.318. The Morgan fingerprint density at radius 3 is 2.40 bits per heavy atom. The van der Waals surface area contributed by atoms with Crippen LogP contribution < -0.4 is 5.73 Å². The van der Waals surface area contributed by atoms with E-state index < -0.39 is 17.9 Å². The molecule has 1 aliphatic heterocycles. The predicted octanol–water partition coefficient (Wildman–Crippen LogP) is 4.61. The van der Waals surface area contributed by atoms with E-state index in [9.17, 15) is 13.2 Å². The second-order valence-corrected chi connectivity index (χ2v) is 7.90. The van der Waals surface area contributed by atoms with E-state index in [4.69, 9.17) is 15.2 Å². The number of methoxy groups -OCH3 is 2. The molecule has 1 saturated heterocycles. The number of aliphatic imine (C=N–C) groups is 1. The molecular weight excluding hydrogens is 413 g/mol. The average Bonchev–Trinajstić information content (AvgIpc) is 2.73. The van der Waals surface area contributed by atoms with Crippen molar-refractivity contribution in [3.8, 4) is 0 Å². The summed E-state index contributed by atoms with van der Waals surface area (Å²) in [6.45, 7) is 0. The van der Waals surface area contributed by atoms with Gasteiger partial charge in [0.25, 0.3) is 0 Å². The number of halogens is 3. The highest BCUT2D eigenvalue weighted by Gasteiger charge is 2.30. The van der Waals surface area contributed by atoms with E-state index in [-0.39, 0.29) is 17.4 Å². The number of ether oxygens (including phenoxy) is 2. The third-order valence-electron chi connectivity index (χ3n) is 4.84. The van der Waals surface area contributed by atoms with Gasteiger partial charge in [-0.1, -0.05) is 12.1 Å². The molecule has 8 heteroatoms. The summed E-state index contributed by atoms with van der Waals surface area (Å²) in [5, 5.41) is 0. The van der Waals surface area contributed by atoms with Gasteiger partial charge in [0.15, 0.2) is 12.1 Å². The van der Waals surface area contributed by atoms with Crippen LogP contribution in [-0.4, -0.2) is 37.7 Å². The highest BCUT2D eigenvalue weighted by molar-refractivity contribution is 7.99. The Bertz CT molecular complexity index is 944. The lowest BCUT2D eigenvalue weighted by Gasteiger charge is -2.29. The molecule has 0 saturated carbocycles. The molecule has 1 heterocycles. The quantitative estimate of drug-likeness (QED) is 0.672. The fourth-order valence-electron chi connectivity index (χ4n) is 3.35. The smallest absolute Gasteiger partial charge is 0.198 e. The minimum Gasteiger partial charge on any atom is -0.398 e. The van der Waals surface area contributed by atoms with Gasteiger partial charge in [0.2, 0.25) is 0 Å². The van der Waals surface area contributed by atoms with Crippen LogP contribution in [-0.2, 0) is 15.9 Å². The van der Waals surface area contributed by atoms with Gasteiger partial charge < -0.3 is 15.2 Å². The molecule has 4 nitrogen and oxygen atoms in total. The Labute approximate surface area is 178 Å². The lowest BCUT2D eigenvalue weighted by Crippen LogP contribution is -2.33. The Hall–Kier alpha value is -2.29. The van der Waals surface area contributed by atoms with Crippen LogP contribution in [0.15, 0.2) is 58.7 Å². The largest absolute Gasteiger partial charge is 0.398 e. The van der Waals surface area contributed by atoms with Crippen molar-refractivity contribution in [1.82, 2.24) is 0 Å². The Morgan fingerprint density at radius 1 is 1.10 bits per heavy atom. The van der Waals surface area contributed by atoms with Crippen LogP contribution in [0.1, 0.15) is 5.56 Å². The third kappa shape index (κ3) is 5.24. The number of hydrogen-bond donors (Lipinski definition) is 1. The lowest BCUT2D eigenvalue weighted by molar-refractivity contribution is -0.0760. The van der Waals surface area contributed by atoms with Crippen molar-refractivity contribution < 1.29 is 22.6 Å². The van der Waals surface area contributed by atoms with Crippen LogP contribution in [0.4, 0.5) is 18.9 Å². The summed E-state index contributed by atoms with van der Waals surface area (Å²) in [5.41, 5.74) is 8.94. The number of hydrogen-bond acceptors (Lipinski definition) is 5. The molecule has 1 unspecified atom stereocenters. The molecule has 0 amide bonds. The van der Waals surface area contributed by atoms with Crippen LogP contribution >= 0.6 is 11.8 Å². The van der Waals surface area contributed by atoms with Crippen molar-refractivity contribution in [3.63, 3.8) is 0 Å². The van der Waals surface area contributed by atoms with Crippen molar-refractivity contribution in [2.45, 2.75) is 12.7 Å². The molecule has 0 aliphatic carbocycles. The van der Waals surface area contributed by atoms with Crippen LogP contribution in [0.5, 0.6) is 0 Å². The number of nitrogens with zero attached hydrogens (tertiary/aromatic N) is 1. The van der Waals surface area contributed by atoms with Crippen LogP contribution in [0.2, 0.25) is 0 Å². The van der Waals surface area contributed by atoms with Gasteiger partial charge in [-0.25, -0.2) is 18.2 Å². The predicted molar refractivity (Wildman–Crippen MR) is 113 cm³/mol. The standard InChI is InChI=1S/C22H23F3N2O2S/c1-28-22(29-2)20(26)17-12-30-11-14(9-13-3-5-15(23)6-4-13)21(17)27-19-8-7-16(24)10-18(19)25/h3-8,10,14,22H,9,11-12,26H2,1-2H3. The SMILES string of the molecule is COC(OC)C(N)=C1CSCC(Cc2ccc(F)cc2)C1=Nc1ccc(F)cc1F. The maximum absolute atomic E-state index is 14.3. The topological polar surface area (TPSA) is 56.8 Å². The first-order valence-corrected chi connectivity index (χ1v) is 10.5. The van der Waals surface area contributed by atoms with Crippen LogP contribution in [0, 0.1) is 23.4 Å². The molecule has 3 rings (SSSR count). The first-order chi connectivity index (χ1) is 14.4. The third-order valence-corrected chi connectivity index (χ3v) is 5.97. The molecule has 0 aromatic heterocycles. The van der Waals surface area contributed by atoms with Gasteiger partial charge in [-0.05, 0) is 36.2 Å². The number of benzene rings is 2. The maximum atomic E-state index is 14.3. The molecule has 160 valence electrons. The summed E-state index contributed by atoms with van der Waals surface area (Å²) in [7, 11) is 2.95. The molecule has 30 heavy (non-hydrogen) atoms. The number of thioether (sulfide) groups is 1. The van der Waals surface area contributed by atoms with E-state index in [1.807, 2.05) is 0 Å². The van der Waals surface area contributed by atoms with Gasteiger partial charge in [0, 0.05) is 43.3 Å². The van der Waals surface area contributed by atoms with Crippen molar-refractivity contribution in [2.75, 3.05) is 25.7 Å². The van der Waals surface area contributed by atoms with E-state index in [1.54, 1.807) is 23.9 Å². The molecule has 0 spiro atoms. The minimum absolute atomic E-state index is 0.0269. The molecule has 2 aromatic carbocycles. The Kier molecular flexibility index (Phi) is 7.58. The highest BCUT2D eigenvalue weighted by atomic mass is 32.2. The molecule has 2 aromatic rings. The van der Waals surface area contributed by atoms with Gasteiger partial charge in [-0.3, -0.25) is 0 Å². The first kappa shape index (κ1) is 22.4.